The molecule has 2 aromatic rings. The van der Waals surface area contributed by atoms with Crippen molar-refractivity contribution in [3.8, 4) is 0 Å². The van der Waals surface area contributed by atoms with Gasteiger partial charge in [0, 0.05) is 13.1 Å². The van der Waals surface area contributed by atoms with E-state index < -0.39 is 0 Å². The van der Waals surface area contributed by atoms with Gasteiger partial charge in [-0.25, -0.2) is 9.97 Å². The largest absolute Gasteiger partial charge is 0.355 e. The van der Waals surface area contributed by atoms with Gasteiger partial charge >= 0.3 is 0 Å². The Hall–Kier alpha value is -2.15. The number of rotatable bonds is 1. The molecule has 1 amide bonds. The van der Waals surface area contributed by atoms with Gasteiger partial charge < -0.3 is 5.32 Å². The first-order valence-corrected chi connectivity index (χ1v) is 4.50. The third-order valence-electron chi connectivity index (χ3n) is 2.18. The highest BCUT2D eigenvalue weighted by Crippen LogP contribution is 2.14. The minimum atomic E-state index is -0.177. The Morgan fingerprint density at radius 2 is 2.27 bits per heavy atom. The summed E-state index contributed by atoms with van der Waals surface area (Å²) in [5, 5.41) is 3.29. The van der Waals surface area contributed by atoms with Crippen LogP contribution in [-0.4, -0.2) is 22.9 Å². The highest BCUT2D eigenvalue weighted by atomic mass is 16.1. The predicted octanol–water partition coefficient (Wildman–Crippen LogP) is 0.898. The van der Waals surface area contributed by atoms with E-state index in [0.717, 1.165) is 11.1 Å². The van der Waals surface area contributed by atoms with Gasteiger partial charge in [-0.1, -0.05) is 12.1 Å². The Kier molecular flexibility index (Phi) is 2.22. The Morgan fingerprint density at radius 3 is 3.00 bits per heavy atom. The Morgan fingerprint density at radius 1 is 1.47 bits per heavy atom. The molecule has 74 valence electrons. The molecule has 0 spiro atoms. The summed E-state index contributed by atoms with van der Waals surface area (Å²) < 4.78 is 0. The molecule has 0 saturated heterocycles. The highest BCUT2D eigenvalue weighted by Gasteiger charge is 2.09. The standard InChI is InChI=1S/C11H9N3O/c1-7-8-4-3-5-9(11(15)12-2)10(8)14-6-13-7/h5-6H,1-2H3,(H,12,15). The summed E-state index contributed by atoms with van der Waals surface area (Å²) in [6.45, 7) is 1.85. The van der Waals surface area contributed by atoms with Crippen molar-refractivity contribution in [1.29, 1.82) is 0 Å². The van der Waals surface area contributed by atoms with E-state index in [9.17, 15) is 4.79 Å². The molecular weight excluding hydrogens is 190 g/mol. The minimum absolute atomic E-state index is 0.177. The fraction of sp³-hybridized carbons (Fsp3) is 0.182. The summed E-state index contributed by atoms with van der Waals surface area (Å²) >= 11 is 0. The lowest BCUT2D eigenvalue weighted by Gasteiger charge is -2.02. The lowest BCUT2D eigenvalue weighted by molar-refractivity contribution is 0.0964. The van der Waals surface area contributed by atoms with E-state index in [1.807, 2.05) is 6.92 Å². The second-order valence-electron chi connectivity index (χ2n) is 3.09. The molecule has 1 heterocycles. The molecule has 0 fully saturated rings. The molecule has 1 aromatic heterocycles. The number of nitrogens with zero attached hydrogens (tertiary/aromatic N) is 2. The monoisotopic (exact) mass is 199 g/mol. The van der Waals surface area contributed by atoms with E-state index in [-0.39, 0.29) is 5.91 Å². The molecule has 1 N–H and O–H groups in total. The maximum Gasteiger partial charge on any atom is 0.253 e. The normalized spacial score (nSPS) is 9.73. The van der Waals surface area contributed by atoms with Crippen LogP contribution < -0.4 is 5.32 Å². The van der Waals surface area contributed by atoms with Crippen LogP contribution in [0.4, 0.5) is 0 Å². The smallest absolute Gasteiger partial charge is 0.253 e. The zero-order chi connectivity index (χ0) is 10.8. The van der Waals surface area contributed by atoms with Crippen molar-refractivity contribution in [2.45, 2.75) is 6.92 Å². The van der Waals surface area contributed by atoms with Crippen molar-refractivity contribution in [2.24, 2.45) is 0 Å². The average Bonchev–Trinajstić information content (AvgIpc) is 2.28. The zero-order valence-corrected chi connectivity index (χ0v) is 8.46. The molecule has 0 saturated carbocycles. The number of nitrogens with one attached hydrogen (secondary N) is 1. The molecule has 0 unspecified atom stereocenters. The average molecular weight is 199 g/mol. The van der Waals surface area contributed by atoms with Crippen LogP contribution >= 0.6 is 0 Å². The third kappa shape index (κ3) is 1.48. The Labute approximate surface area is 87.4 Å². The summed E-state index contributed by atoms with van der Waals surface area (Å²) in [4.78, 5) is 19.7. The number of hydrogen-bond acceptors (Lipinski definition) is 3. The first-order chi connectivity index (χ1) is 7.24. The number of fused-ring (bicyclic) bond motifs is 1. The molecule has 4 heteroatoms. The van der Waals surface area contributed by atoms with Crippen LogP contribution in [0, 0.1) is 19.1 Å². The van der Waals surface area contributed by atoms with Crippen molar-refractivity contribution >= 4 is 16.8 Å². The number of aromatic nitrogens is 2. The van der Waals surface area contributed by atoms with Crippen LogP contribution in [0.2, 0.25) is 0 Å². The number of hydrogen-bond donors (Lipinski definition) is 1. The topological polar surface area (TPSA) is 54.9 Å². The maximum absolute atomic E-state index is 11.5. The van der Waals surface area contributed by atoms with E-state index >= 15 is 0 Å². The molecule has 0 aliphatic rings. The van der Waals surface area contributed by atoms with Gasteiger partial charge in [0.2, 0.25) is 0 Å². The fourth-order valence-corrected chi connectivity index (χ4v) is 1.38. The first-order valence-electron chi connectivity index (χ1n) is 4.50. The van der Waals surface area contributed by atoms with E-state index in [1.165, 1.54) is 6.33 Å². The van der Waals surface area contributed by atoms with Gasteiger partial charge in [0.05, 0.1) is 22.2 Å². The molecule has 0 radical (unpaired) electrons. The summed E-state index contributed by atoms with van der Waals surface area (Å²) in [5.41, 5.74) is 1.90. The van der Waals surface area contributed by atoms with E-state index in [0.29, 0.717) is 11.1 Å². The van der Waals surface area contributed by atoms with Crippen LogP contribution in [0.15, 0.2) is 12.4 Å². The Balaban J connectivity index is 2.77. The molecule has 0 atom stereocenters. The lowest BCUT2D eigenvalue weighted by Crippen LogP contribution is -2.18. The van der Waals surface area contributed by atoms with Crippen LogP contribution in [0.3, 0.4) is 0 Å². The molecule has 0 aliphatic carbocycles. The molecule has 2 rings (SSSR count). The first kappa shape index (κ1) is 9.41. The summed E-state index contributed by atoms with van der Waals surface area (Å²) in [5.74, 6) is -0.177. The number of carbonyl (C=O) groups is 1. The fourth-order valence-electron chi connectivity index (χ4n) is 1.38. The van der Waals surface area contributed by atoms with Crippen molar-refractivity contribution in [2.75, 3.05) is 7.05 Å². The van der Waals surface area contributed by atoms with Crippen molar-refractivity contribution in [3.05, 3.63) is 35.8 Å². The molecule has 0 bridgehead atoms. The van der Waals surface area contributed by atoms with E-state index in [1.54, 1.807) is 13.1 Å². The van der Waals surface area contributed by atoms with E-state index in [2.05, 4.69) is 27.4 Å². The van der Waals surface area contributed by atoms with Crippen LogP contribution in [-0.2, 0) is 0 Å². The van der Waals surface area contributed by atoms with Crippen LogP contribution in [0.25, 0.3) is 10.9 Å². The predicted molar refractivity (Wildman–Crippen MR) is 55.3 cm³/mol. The van der Waals surface area contributed by atoms with Gasteiger partial charge in [0.15, 0.2) is 0 Å². The lowest BCUT2D eigenvalue weighted by atomic mass is 10.1. The molecule has 15 heavy (non-hydrogen) atoms. The van der Waals surface area contributed by atoms with Gasteiger partial charge in [-0.2, -0.15) is 0 Å². The Bertz CT molecular complexity index is 522. The molecular formula is C11H9N3O. The third-order valence-corrected chi connectivity index (χ3v) is 2.18. The maximum atomic E-state index is 11.5. The van der Waals surface area contributed by atoms with Gasteiger partial charge in [-0.3, -0.25) is 4.79 Å². The van der Waals surface area contributed by atoms with Gasteiger partial charge in [0.25, 0.3) is 5.91 Å². The highest BCUT2D eigenvalue weighted by molar-refractivity contribution is 6.05. The van der Waals surface area contributed by atoms with Gasteiger partial charge in [-0.15, -0.1) is 0 Å². The minimum Gasteiger partial charge on any atom is -0.355 e. The summed E-state index contributed by atoms with van der Waals surface area (Å²) in [6, 6.07) is 7.28. The SMILES string of the molecule is CNC(=O)c1cc#cc2c(C)ncnc12. The van der Waals surface area contributed by atoms with Gasteiger partial charge in [0.1, 0.15) is 6.33 Å². The van der Waals surface area contributed by atoms with Crippen molar-refractivity contribution in [1.82, 2.24) is 15.3 Å². The van der Waals surface area contributed by atoms with Crippen molar-refractivity contribution < 1.29 is 4.79 Å². The summed E-state index contributed by atoms with van der Waals surface area (Å²) in [6.07, 6.45) is 1.44. The number of aryl methyl sites for hydroxylation is 1. The van der Waals surface area contributed by atoms with Gasteiger partial charge in [-0.05, 0) is 6.92 Å². The number of amides is 1. The number of carbonyl (C=O) groups excluding carboxylic acids is 1. The van der Waals surface area contributed by atoms with Crippen molar-refractivity contribution in [3.63, 3.8) is 0 Å². The van der Waals surface area contributed by atoms with Crippen LogP contribution in [0.5, 0.6) is 0 Å². The zero-order valence-electron chi connectivity index (χ0n) is 8.46. The molecule has 1 aromatic carbocycles. The second-order valence-corrected chi connectivity index (χ2v) is 3.09. The van der Waals surface area contributed by atoms with E-state index in [4.69, 9.17) is 0 Å². The quantitative estimate of drug-likeness (QED) is 0.742. The second kappa shape index (κ2) is 3.54. The summed E-state index contributed by atoms with van der Waals surface area (Å²) in [7, 11) is 1.58. The molecule has 4 nitrogen and oxygen atoms in total. The molecule has 0 aliphatic heterocycles. The van der Waals surface area contributed by atoms with Crippen LogP contribution in [0.1, 0.15) is 16.1 Å².